The molecule has 3 N–H and O–H groups in total. The average Bonchev–Trinajstić information content (AvgIpc) is 3.40. The van der Waals surface area contributed by atoms with Gasteiger partial charge in [-0.3, -0.25) is 14.2 Å². The second-order valence-corrected chi connectivity index (χ2v) is 8.56. The van der Waals surface area contributed by atoms with Crippen LogP contribution in [0, 0.1) is 6.92 Å². The van der Waals surface area contributed by atoms with Crippen molar-refractivity contribution in [3.05, 3.63) is 29.8 Å². The number of nitrogens with zero attached hydrogens (tertiary/aromatic N) is 2. The molecule has 0 radical (unpaired) electrons. The second-order valence-electron chi connectivity index (χ2n) is 6.95. The Morgan fingerprint density at radius 3 is 1.97 bits per heavy atom. The largest absolute Gasteiger partial charge is 0.474 e. The maximum absolute atomic E-state index is 11.9. The lowest BCUT2D eigenvalue weighted by Crippen LogP contribution is -2.22. The normalized spacial score (nSPS) is 20.5. The summed E-state index contributed by atoms with van der Waals surface area (Å²) in [5.74, 6) is 1.17. The molecule has 182 valence electrons. The predicted octanol–water partition coefficient (Wildman–Crippen LogP) is 1.57. The van der Waals surface area contributed by atoms with Gasteiger partial charge >= 0.3 is 0 Å². The molecule has 0 amide bonds. The minimum atomic E-state index is -3.71. The number of aliphatic hydroxyl groups is 1. The monoisotopic (exact) mass is 477 g/mol. The Balaban J connectivity index is 0.000000301. The fraction of sp³-hybridized carbons (Fsp3) is 0.600. The van der Waals surface area contributed by atoms with E-state index < -0.39 is 29.6 Å². The van der Waals surface area contributed by atoms with Gasteiger partial charge in [0.05, 0.1) is 24.1 Å². The van der Waals surface area contributed by atoms with Crippen LogP contribution in [0.1, 0.15) is 19.4 Å². The molecule has 1 aromatic carbocycles. The highest BCUT2D eigenvalue weighted by atomic mass is 32.2. The van der Waals surface area contributed by atoms with Crippen LogP contribution >= 0.6 is 0 Å². The molecule has 2 heterocycles. The molecule has 12 heteroatoms. The number of rotatable bonds is 7. The first-order chi connectivity index (χ1) is 15.1. The standard InChI is InChI=1S/C12H15NO4S.C5H8FNO.C3H8FNO/c1-9-3-5-12(6-4-9)18(14,15)16-8-11-7-13-10(2)17-11;1-4-7-3-5(2-6)8-4;4-1-3(6)2-5/h3-6,11H,7-8H2,1-2H3;5H,2-3H2,1H3;3,6H,1-2,5H2/i;6-1;4-1. The zero-order valence-corrected chi connectivity index (χ0v) is 19.2. The van der Waals surface area contributed by atoms with Crippen LogP contribution in [-0.2, 0) is 23.8 Å². The van der Waals surface area contributed by atoms with E-state index in [2.05, 4.69) is 9.98 Å². The summed E-state index contributed by atoms with van der Waals surface area (Å²) >= 11 is 0. The van der Waals surface area contributed by atoms with E-state index in [9.17, 15) is 17.2 Å². The smallest absolute Gasteiger partial charge is 0.297 e. The van der Waals surface area contributed by atoms with E-state index >= 15 is 0 Å². The van der Waals surface area contributed by atoms with E-state index in [1.54, 1.807) is 26.0 Å². The van der Waals surface area contributed by atoms with Crippen molar-refractivity contribution in [3.8, 4) is 0 Å². The number of hydrogen-bond acceptors (Lipinski definition) is 9. The molecule has 0 aliphatic carbocycles. The second kappa shape index (κ2) is 14.1. The zero-order chi connectivity index (χ0) is 24.1. The number of aryl methyl sites for hydroxylation is 1. The molecule has 0 bridgehead atoms. The summed E-state index contributed by atoms with van der Waals surface area (Å²) in [5.41, 5.74) is 5.79. The minimum absolute atomic E-state index is 0.0104. The predicted molar refractivity (Wildman–Crippen MR) is 117 cm³/mol. The molecule has 32 heavy (non-hydrogen) atoms. The highest BCUT2D eigenvalue weighted by Gasteiger charge is 2.22. The van der Waals surface area contributed by atoms with Gasteiger partial charge in [-0.15, -0.1) is 0 Å². The Kier molecular flexibility index (Phi) is 12.3. The quantitative estimate of drug-likeness (QED) is 0.570. The summed E-state index contributed by atoms with van der Waals surface area (Å²) in [4.78, 5) is 8.02. The number of nitrogens with two attached hydrogens (primary N) is 1. The third-order valence-electron chi connectivity index (χ3n) is 4.05. The van der Waals surface area contributed by atoms with Crippen molar-refractivity contribution in [2.45, 2.75) is 44.0 Å². The molecular weight excluding hydrogens is 446 g/mol. The van der Waals surface area contributed by atoms with E-state index in [1.165, 1.54) is 12.1 Å². The number of aliphatic hydroxyl groups excluding tert-OH is 1. The Hall–Kier alpha value is -2.15. The Morgan fingerprint density at radius 2 is 1.62 bits per heavy atom. The summed E-state index contributed by atoms with van der Waals surface area (Å²) in [5, 5.41) is 8.17. The van der Waals surface area contributed by atoms with Crippen LogP contribution in [0.4, 0.5) is 8.78 Å². The van der Waals surface area contributed by atoms with Crippen molar-refractivity contribution in [2.24, 2.45) is 15.7 Å². The molecule has 0 saturated carbocycles. The van der Waals surface area contributed by atoms with Gasteiger partial charge in [-0.2, -0.15) is 8.42 Å². The molecule has 0 spiro atoms. The van der Waals surface area contributed by atoms with E-state index in [1.807, 2.05) is 6.92 Å². The molecule has 1 aromatic rings. The molecule has 2 aliphatic rings. The molecule has 2 aliphatic heterocycles. The maximum atomic E-state index is 11.9. The van der Waals surface area contributed by atoms with Crippen molar-refractivity contribution in [1.29, 1.82) is 0 Å². The van der Waals surface area contributed by atoms with Gasteiger partial charge in [0.15, 0.2) is 11.8 Å². The Bertz CT molecular complexity index is 845. The first-order valence-electron chi connectivity index (χ1n) is 9.92. The minimum Gasteiger partial charge on any atom is -0.474 e. The van der Waals surface area contributed by atoms with Crippen LogP contribution in [0.5, 0.6) is 0 Å². The third-order valence-corrected chi connectivity index (χ3v) is 5.35. The fourth-order valence-corrected chi connectivity index (χ4v) is 3.20. The van der Waals surface area contributed by atoms with Crippen LogP contribution in [0.15, 0.2) is 39.1 Å². The van der Waals surface area contributed by atoms with Gasteiger partial charge in [-0.05, 0) is 19.1 Å². The highest BCUT2D eigenvalue weighted by Crippen LogP contribution is 2.15. The molecule has 3 atom stereocenters. The fourth-order valence-electron chi connectivity index (χ4n) is 2.26. The lowest BCUT2D eigenvalue weighted by atomic mass is 10.2. The van der Waals surface area contributed by atoms with Crippen molar-refractivity contribution >= 4 is 21.9 Å². The van der Waals surface area contributed by atoms with Crippen molar-refractivity contribution < 1.29 is 36.0 Å². The number of ether oxygens (including phenoxy) is 2. The Morgan fingerprint density at radius 1 is 1.09 bits per heavy atom. The number of alkyl halides is 2. The van der Waals surface area contributed by atoms with Crippen LogP contribution in [-0.4, -0.2) is 83.2 Å². The van der Waals surface area contributed by atoms with Crippen LogP contribution in [0.3, 0.4) is 0 Å². The summed E-state index contributed by atoms with van der Waals surface area (Å²) < 4.78 is 61.6. The lowest BCUT2D eigenvalue weighted by Gasteiger charge is -2.11. The molecule has 0 fully saturated rings. The van der Waals surface area contributed by atoms with Gasteiger partial charge in [0.1, 0.15) is 32.2 Å². The maximum Gasteiger partial charge on any atom is 0.297 e. The number of aliphatic imine (C=N–C) groups is 2. The molecule has 3 unspecified atom stereocenters. The summed E-state index contributed by atoms with van der Waals surface area (Å²) in [6.07, 6.45) is -1.56. The molecular formula is C20H31F2N3O6S. The molecule has 3 rings (SSSR count). The number of hydrogen-bond donors (Lipinski definition) is 2. The molecule has 0 aromatic heterocycles. The summed E-state index contributed by atoms with van der Waals surface area (Å²) in [7, 11) is -3.71. The van der Waals surface area contributed by atoms with Gasteiger partial charge < -0.3 is 20.3 Å². The van der Waals surface area contributed by atoms with E-state index in [0.717, 1.165) is 5.56 Å². The van der Waals surface area contributed by atoms with E-state index in [4.69, 9.17) is 24.5 Å². The van der Waals surface area contributed by atoms with E-state index in [0.29, 0.717) is 24.9 Å². The number of halogens is 2. The van der Waals surface area contributed by atoms with E-state index in [-0.39, 0.29) is 30.3 Å². The summed E-state index contributed by atoms with van der Waals surface area (Å²) in [6.45, 7) is 5.11. The zero-order valence-electron chi connectivity index (χ0n) is 18.4. The van der Waals surface area contributed by atoms with Crippen LogP contribution in [0.2, 0.25) is 0 Å². The Labute approximate surface area is 187 Å². The first-order valence-corrected chi connectivity index (χ1v) is 11.3. The van der Waals surface area contributed by atoms with Gasteiger partial charge in [-0.1, -0.05) is 17.7 Å². The SMILES string of the molecule is CC1=NCC(COS(=O)(=O)c2ccc(C)cc2)O1.CC1=NCC(C[18F])O1.NCC(O)C[18F]. The van der Waals surface area contributed by atoms with Gasteiger partial charge in [0, 0.05) is 20.4 Å². The molecule has 0 saturated heterocycles. The topological polar surface area (TPSA) is 133 Å². The van der Waals surface area contributed by atoms with Gasteiger partial charge in [0.25, 0.3) is 10.1 Å². The molecule has 9 nitrogen and oxygen atoms in total. The highest BCUT2D eigenvalue weighted by molar-refractivity contribution is 7.86. The summed E-state index contributed by atoms with van der Waals surface area (Å²) in [6, 6.07) is 6.52. The van der Waals surface area contributed by atoms with Gasteiger partial charge in [0.2, 0.25) is 0 Å². The van der Waals surface area contributed by atoms with Crippen LogP contribution < -0.4 is 5.73 Å². The van der Waals surface area contributed by atoms with Crippen molar-refractivity contribution in [3.63, 3.8) is 0 Å². The van der Waals surface area contributed by atoms with Crippen molar-refractivity contribution in [1.82, 2.24) is 0 Å². The lowest BCUT2D eigenvalue weighted by molar-refractivity contribution is 0.146. The number of benzene rings is 1. The van der Waals surface area contributed by atoms with Crippen molar-refractivity contribution in [2.75, 3.05) is 39.6 Å². The average molecular weight is 478 g/mol. The van der Waals surface area contributed by atoms with Crippen LogP contribution in [0.25, 0.3) is 0 Å². The first kappa shape index (κ1) is 27.9. The third kappa shape index (κ3) is 10.4. The van der Waals surface area contributed by atoms with Gasteiger partial charge in [-0.25, -0.2) is 8.78 Å².